The number of nitrogens with one attached hydrogen (secondary N) is 1. The van der Waals surface area contributed by atoms with Crippen molar-refractivity contribution < 1.29 is 0 Å². The maximum Gasteiger partial charge on any atom is 0.0401 e. The van der Waals surface area contributed by atoms with Crippen LogP contribution >= 0.6 is 0 Å². The fraction of sp³-hybridized carbons (Fsp3) is 0.615. The number of rotatable bonds is 4. The van der Waals surface area contributed by atoms with Crippen molar-refractivity contribution in [2.24, 2.45) is 0 Å². The number of hydrogen-bond donors (Lipinski definition) is 1. The monoisotopic (exact) mass is 219 g/mol. The number of pyridine rings is 1. The third kappa shape index (κ3) is 2.53. The van der Waals surface area contributed by atoms with Gasteiger partial charge in [-0.3, -0.25) is 9.88 Å². The lowest BCUT2D eigenvalue weighted by molar-refractivity contribution is 0.277. The van der Waals surface area contributed by atoms with E-state index >= 15 is 0 Å². The van der Waals surface area contributed by atoms with Gasteiger partial charge in [-0.2, -0.15) is 0 Å². The molecule has 16 heavy (non-hydrogen) atoms. The van der Waals surface area contributed by atoms with Gasteiger partial charge >= 0.3 is 0 Å². The lowest BCUT2D eigenvalue weighted by atomic mass is 10.2. The first-order chi connectivity index (χ1) is 7.81. The summed E-state index contributed by atoms with van der Waals surface area (Å²) in [6.07, 6.45) is 6.43. The number of aromatic nitrogens is 1. The van der Waals surface area contributed by atoms with Crippen LogP contribution in [0.1, 0.15) is 25.3 Å². The highest BCUT2D eigenvalue weighted by atomic mass is 15.2. The molecule has 88 valence electrons. The van der Waals surface area contributed by atoms with Crippen LogP contribution in [0.5, 0.6) is 0 Å². The van der Waals surface area contributed by atoms with Crippen LogP contribution in [0.15, 0.2) is 18.5 Å². The van der Waals surface area contributed by atoms with Gasteiger partial charge in [0.1, 0.15) is 0 Å². The predicted octanol–water partition coefficient (Wildman–Crippen LogP) is 2.29. The van der Waals surface area contributed by atoms with Gasteiger partial charge in [0.2, 0.25) is 0 Å². The molecule has 2 rings (SSSR count). The molecule has 1 N–H and O–H groups in total. The maximum absolute atomic E-state index is 4.11. The van der Waals surface area contributed by atoms with Gasteiger partial charge in [-0.25, -0.2) is 0 Å². The Hall–Kier alpha value is -1.09. The van der Waals surface area contributed by atoms with Crippen molar-refractivity contribution in [2.45, 2.75) is 32.7 Å². The molecule has 0 aliphatic carbocycles. The smallest absolute Gasteiger partial charge is 0.0401 e. The number of aryl methyl sites for hydroxylation is 1. The van der Waals surface area contributed by atoms with Gasteiger partial charge < -0.3 is 5.32 Å². The molecule has 3 nitrogen and oxygen atoms in total. The van der Waals surface area contributed by atoms with Gasteiger partial charge in [-0.05, 0) is 44.5 Å². The van der Waals surface area contributed by atoms with Gasteiger partial charge in [0.25, 0.3) is 0 Å². The molecule has 0 amide bonds. The third-order valence-electron chi connectivity index (χ3n) is 3.45. The Morgan fingerprint density at radius 2 is 2.44 bits per heavy atom. The van der Waals surface area contributed by atoms with Crippen LogP contribution in [0.25, 0.3) is 0 Å². The Bertz CT molecular complexity index is 338. The number of anilines is 1. The SMILES string of the molecule is CCN1CCCC1CNc1ccncc1C. The van der Waals surface area contributed by atoms with Crippen LogP contribution in [-0.2, 0) is 0 Å². The molecule has 2 heterocycles. The Balaban J connectivity index is 1.90. The van der Waals surface area contributed by atoms with E-state index in [1.807, 2.05) is 12.4 Å². The lowest BCUT2D eigenvalue weighted by Crippen LogP contribution is -2.34. The van der Waals surface area contributed by atoms with E-state index < -0.39 is 0 Å². The van der Waals surface area contributed by atoms with E-state index in [9.17, 15) is 0 Å². The zero-order valence-electron chi connectivity index (χ0n) is 10.2. The summed E-state index contributed by atoms with van der Waals surface area (Å²) >= 11 is 0. The fourth-order valence-corrected chi connectivity index (χ4v) is 2.44. The second-order valence-corrected chi connectivity index (χ2v) is 4.50. The fourth-order valence-electron chi connectivity index (χ4n) is 2.44. The number of likely N-dealkylation sites (N-methyl/N-ethyl adjacent to an activating group) is 1. The summed E-state index contributed by atoms with van der Waals surface area (Å²) in [5.74, 6) is 0. The number of likely N-dealkylation sites (tertiary alicyclic amines) is 1. The van der Waals surface area contributed by atoms with Gasteiger partial charge in [-0.15, -0.1) is 0 Å². The summed E-state index contributed by atoms with van der Waals surface area (Å²) in [5.41, 5.74) is 2.45. The van der Waals surface area contributed by atoms with Gasteiger partial charge in [-0.1, -0.05) is 6.92 Å². The Labute approximate surface area is 97.9 Å². The summed E-state index contributed by atoms with van der Waals surface area (Å²) in [5, 5.41) is 3.54. The molecule has 0 saturated carbocycles. The molecule has 0 radical (unpaired) electrons. The minimum absolute atomic E-state index is 0.706. The van der Waals surface area contributed by atoms with Crippen molar-refractivity contribution >= 4 is 5.69 Å². The molecule has 1 aromatic rings. The second kappa shape index (κ2) is 5.30. The third-order valence-corrected chi connectivity index (χ3v) is 3.45. The van der Waals surface area contributed by atoms with Crippen molar-refractivity contribution in [1.82, 2.24) is 9.88 Å². The van der Waals surface area contributed by atoms with E-state index in [0.29, 0.717) is 6.04 Å². The average molecular weight is 219 g/mol. The molecule has 1 fully saturated rings. The lowest BCUT2D eigenvalue weighted by Gasteiger charge is -2.23. The van der Waals surface area contributed by atoms with Crippen LogP contribution in [0.3, 0.4) is 0 Å². The molecule has 3 heteroatoms. The first-order valence-corrected chi connectivity index (χ1v) is 6.19. The van der Waals surface area contributed by atoms with E-state index in [1.54, 1.807) is 0 Å². The molecule has 1 unspecified atom stereocenters. The normalized spacial score (nSPS) is 21.2. The van der Waals surface area contributed by atoms with Crippen molar-refractivity contribution in [1.29, 1.82) is 0 Å². The molecule has 1 aromatic heterocycles. The molecule has 1 atom stereocenters. The molecule has 1 aliphatic rings. The van der Waals surface area contributed by atoms with Gasteiger partial charge in [0.15, 0.2) is 0 Å². The quantitative estimate of drug-likeness (QED) is 0.842. The van der Waals surface area contributed by atoms with E-state index in [1.165, 1.54) is 37.2 Å². The highest BCUT2D eigenvalue weighted by Gasteiger charge is 2.22. The van der Waals surface area contributed by atoms with Crippen LogP contribution < -0.4 is 5.32 Å². The highest BCUT2D eigenvalue weighted by Crippen LogP contribution is 2.18. The second-order valence-electron chi connectivity index (χ2n) is 4.50. The van der Waals surface area contributed by atoms with E-state index in [4.69, 9.17) is 0 Å². The van der Waals surface area contributed by atoms with E-state index in [0.717, 1.165) is 6.54 Å². The van der Waals surface area contributed by atoms with E-state index in [2.05, 4.69) is 35.1 Å². The summed E-state index contributed by atoms with van der Waals surface area (Å²) < 4.78 is 0. The Morgan fingerprint density at radius 3 is 3.19 bits per heavy atom. The molecular weight excluding hydrogens is 198 g/mol. The van der Waals surface area contributed by atoms with Crippen LogP contribution in [-0.4, -0.2) is 35.6 Å². The van der Waals surface area contributed by atoms with Crippen LogP contribution in [0.2, 0.25) is 0 Å². The first-order valence-electron chi connectivity index (χ1n) is 6.19. The van der Waals surface area contributed by atoms with Crippen molar-refractivity contribution in [2.75, 3.05) is 25.0 Å². The summed E-state index contributed by atoms with van der Waals surface area (Å²) in [7, 11) is 0. The van der Waals surface area contributed by atoms with Gasteiger partial charge in [0, 0.05) is 30.7 Å². The molecular formula is C13H21N3. The summed E-state index contributed by atoms with van der Waals surface area (Å²) in [4.78, 5) is 6.66. The van der Waals surface area contributed by atoms with Crippen LogP contribution in [0.4, 0.5) is 5.69 Å². The Morgan fingerprint density at radius 1 is 1.56 bits per heavy atom. The van der Waals surface area contributed by atoms with Crippen molar-refractivity contribution in [3.63, 3.8) is 0 Å². The molecule has 0 bridgehead atoms. The maximum atomic E-state index is 4.11. The first kappa shape index (κ1) is 11.4. The topological polar surface area (TPSA) is 28.2 Å². The molecule has 0 spiro atoms. The zero-order chi connectivity index (χ0) is 11.4. The number of nitrogens with zero attached hydrogens (tertiary/aromatic N) is 2. The molecule has 0 aromatic carbocycles. The largest absolute Gasteiger partial charge is 0.383 e. The van der Waals surface area contributed by atoms with Gasteiger partial charge in [0.05, 0.1) is 0 Å². The minimum atomic E-state index is 0.706. The minimum Gasteiger partial charge on any atom is -0.383 e. The van der Waals surface area contributed by atoms with Crippen molar-refractivity contribution in [3.8, 4) is 0 Å². The van der Waals surface area contributed by atoms with E-state index in [-0.39, 0.29) is 0 Å². The van der Waals surface area contributed by atoms with Crippen LogP contribution in [0, 0.1) is 6.92 Å². The molecule has 1 saturated heterocycles. The number of hydrogen-bond acceptors (Lipinski definition) is 3. The molecule has 1 aliphatic heterocycles. The Kier molecular flexibility index (Phi) is 3.78. The zero-order valence-corrected chi connectivity index (χ0v) is 10.2. The summed E-state index contributed by atoms with van der Waals surface area (Å²) in [6.45, 7) is 7.83. The standard InChI is InChI=1S/C13H21N3/c1-3-16-8-4-5-12(16)10-15-13-6-7-14-9-11(13)2/h6-7,9,12H,3-5,8,10H2,1-2H3,(H,14,15). The predicted molar refractivity (Wildman–Crippen MR) is 67.7 cm³/mol. The highest BCUT2D eigenvalue weighted by molar-refractivity contribution is 5.48. The van der Waals surface area contributed by atoms with Crippen molar-refractivity contribution in [3.05, 3.63) is 24.0 Å². The summed E-state index contributed by atoms with van der Waals surface area (Å²) in [6, 6.07) is 2.76. The average Bonchev–Trinajstić information content (AvgIpc) is 2.75.